The smallest absolute Gasteiger partial charge is 0.0834 e. The molecule has 2 heteroatoms. The molecule has 1 aliphatic rings. The van der Waals surface area contributed by atoms with Crippen molar-refractivity contribution in [2.45, 2.75) is 57.8 Å². The zero-order valence-corrected chi connectivity index (χ0v) is 8.79. The second-order valence-corrected chi connectivity index (χ2v) is 3.74. The summed E-state index contributed by atoms with van der Waals surface area (Å²) in [6, 6.07) is 0. The summed E-state index contributed by atoms with van der Waals surface area (Å²) in [4.78, 5) is 0. The summed E-state index contributed by atoms with van der Waals surface area (Å²) in [6.07, 6.45) is 5.20. The Kier molecular flexibility index (Phi) is 4.74. The molecule has 0 spiro atoms. The van der Waals surface area contributed by atoms with Crippen molar-refractivity contribution in [2.24, 2.45) is 0 Å². The van der Waals surface area contributed by atoms with E-state index in [1.807, 2.05) is 0 Å². The van der Waals surface area contributed by atoms with Crippen LogP contribution in [0.5, 0.6) is 0 Å². The van der Waals surface area contributed by atoms with E-state index in [0.717, 1.165) is 19.4 Å². The fraction of sp³-hybridized carbons (Fsp3) is 0.909. The van der Waals surface area contributed by atoms with Gasteiger partial charge in [0.1, 0.15) is 0 Å². The van der Waals surface area contributed by atoms with Gasteiger partial charge >= 0.3 is 0 Å². The molecule has 0 amide bonds. The van der Waals surface area contributed by atoms with Crippen molar-refractivity contribution in [3.05, 3.63) is 6.92 Å². The van der Waals surface area contributed by atoms with Crippen molar-refractivity contribution in [1.82, 2.24) is 0 Å². The maximum absolute atomic E-state index is 5.75. The Morgan fingerprint density at radius 1 is 1.46 bits per heavy atom. The van der Waals surface area contributed by atoms with Gasteiger partial charge in [-0.05, 0) is 32.6 Å². The summed E-state index contributed by atoms with van der Waals surface area (Å²) < 4.78 is 11.4. The highest BCUT2D eigenvalue weighted by Gasteiger charge is 2.27. The van der Waals surface area contributed by atoms with Gasteiger partial charge in [0.05, 0.1) is 18.3 Å². The third kappa shape index (κ3) is 4.10. The molecule has 0 aromatic carbocycles. The van der Waals surface area contributed by atoms with Gasteiger partial charge in [-0.15, -0.1) is 0 Å². The van der Waals surface area contributed by atoms with Crippen LogP contribution < -0.4 is 0 Å². The summed E-state index contributed by atoms with van der Waals surface area (Å²) in [5.41, 5.74) is 0. The molecular weight excluding hydrogens is 164 g/mol. The molecule has 2 nitrogen and oxygen atoms in total. The predicted octanol–water partition coefficient (Wildman–Crippen LogP) is 2.57. The van der Waals surface area contributed by atoms with E-state index in [1.165, 1.54) is 12.8 Å². The minimum atomic E-state index is 0.181. The van der Waals surface area contributed by atoms with E-state index in [4.69, 9.17) is 9.47 Å². The van der Waals surface area contributed by atoms with Crippen LogP contribution in [0.1, 0.15) is 39.5 Å². The van der Waals surface area contributed by atoms with E-state index < -0.39 is 0 Å². The average Bonchev–Trinajstić information content (AvgIpc) is 2.90. The maximum atomic E-state index is 5.75. The normalized spacial score (nSPS) is 21.5. The molecule has 0 aromatic rings. The first-order valence-corrected chi connectivity index (χ1v) is 5.34. The molecule has 1 radical (unpaired) electrons. The SMILES string of the molecule is [CH2]CC(OCCC)C(C)OC1CC1. The van der Waals surface area contributed by atoms with E-state index >= 15 is 0 Å². The van der Waals surface area contributed by atoms with Crippen LogP contribution in [-0.2, 0) is 9.47 Å². The quantitative estimate of drug-likeness (QED) is 0.607. The highest BCUT2D eigenvalue weighted by Crippen LogP contribution is 2.26. The van der Waals surface area contributed by atoms with Crippen LogP contribution in [0, 0.1) is 6.92 Å². The lowest BCUT2D eigenvalue weighted by molar-refractivity contribution is -0.0696. The first-order valence-electron chi connectivity index (χ1n) is 5.34. The fourth-order valence-electron chi connectivity index (χ4n) is 1.32. The molecule has 0 aliphatic heterocycles. The molecule has 1 rings (SSSR count). The van der Waals surface area contributed by atoms with Crippen LogP contribution in [0.25, 0.3) is 0 Å². The molecule has 0 heterocycles. The molecule has 1 saturated carbocycles. The van der Waals surface area contributed by atoms with Crippen molar-refractivity contribution < 1.29 is 9.47 Å². The van der Waals surface area contributed by atoms with Gasteiger partial charge in [0, 0.05) is 6.61 Å². The second-order valence-electron chi connectivity index (χ2n) is 3.74. The number of hydrogen-bond donors (Lipinski definition) is 0. The third-order valence-electron chi connectivity index (χ3n) is 2.28. The van der Waals surface area contributed by atoms with Crippen LogP contribution in [0.4, 0.5) is 0 Å². The zero-order chi connectivity index (χ0) is 9.68. The van der Waals surface area contributed by atoms with Gasteiger partial charge in [0.25, 0.3) is 0 Å². The molecule has 0 bridgehead atoms. The summed E-state index contributed by atoms with van der Waals surface area (Å²) in [7, 11) is 0. The Bertz CT molecular complexity index is 132. The molecule has 1 aliphatic carbocycles. The van der Waals surface area contributed by atoms with Gasteiger partial charge in [0.15, 0.2) is 0 Å². The van der Waals surface area contributed by atoms with Gasteiger partial charge in [-0.1, -0.05) is 13.8 Å². The van der Waals surface area contributed by atoms with Crippen molar-refractivity contribution in [2.75, 3.05) is 6.61 Å². The van der Waals surface area contributed by atoms with E-state index in [1.54, 1.807) is 0 Å². The average molecular weight is 185 g/mol. The summed E-state index contributed by atoms with van der Waals surface area (Å²) in [5, 5.41) is 0. The Morgan fingerprint density at radius 2 is 2.15 bits per heavy atom. The predicted molar refractivity (Wildman–Crippen MR) is 53.6 cm³/mol. The van der Waals surface area contributed by atoms with Gasteiger partial charge in [-0.3, -0.25) is 0 Å². The van der Waals surface area contributed by atoms with Gasteiger partial charge in [-0.25, -0.2) is 0 Å². The van der Waals surface area contributed by atoms with Gasteiger partial charge in [-0.2, -0.15) is 0 Å². The highest BCUT2D eigenvalue weighted by atomic mass is 16.5. The lowest BCUT2D eigenvalue weighted by Gasteiger charge is -2.23. The van der Waals surface area contributed by atoms with Crippen LogP contribution in [0.2, 0.25) is 0 Å². The van der Waals surface area contributed by atoms with Crippen molar-refractivity contribution in [3.8, 4) is 0 Å². The summed E-state index contributed by atoms with van der Waals surface area (Å²) in [6.45, 7) is 8.91. The van der Waals surface area contributed by atoms with Crippen LogP contribution in [0.15, 0.2) is 0 Å². The van der Waals surface area contributed by atoms with Crippen molar-refractivity contribution in [3.63, 3.8) is 0 Å². The van der Waals surface area contributed by atoms with E-state index in [-0.39, 0.29) is 12.2 Å². The molecule has 13 heavy (non-hydrogen) atoms. The number of hydrogen-bond acceptors (Lipinski definition) is 2. The van der Waals surface area contributed by atoms with Crippen LogP contribution >= 0.6 is 0 Å². The standard InChI is InChI=1S/C11H21O2/c1-4-8-12-11(5-2)9(3)13-10-6-7-10/h9-11H,2,4-8H2,1,3H3. The van der Waals surface area contributed by atoms with Gasteiger partial charge in [0.2, 0.25) is 0 Å². The molecule has 0 saturated heterocycles. The highest BCUT2D eigenvalue weighted by molar-refractivity contribution is 4.77. The molecule has 2 atom stereocenters. The molecule has 2 unspecified atom stereocenters. The van der Waals surface area contributed by atoms with Crippen molar-refractivity contribution in [1.29, 1.82) is 0 Å². The van der Waals surface area contributed by atoms with Crippen LogP contribution in [0.3, 0.4) is 0 Å². The third-order valence-corrected chi connectivity index (χ3v) is 2.28. The lowest BCUT2D eigenvalue weighted by Crippen LogP contribution is -2.29. The van der Waals surface area contributed by atoms with E-state index in [2.05, 4.69) is 20.8 Å². The lowest BCUT2D eigenvalue weighted by atomic mass is 10.2. The summed E-state index contributed by atoms with van der Waals surface area (Å²) >= 11 is 0. The fourth-order valence-corrected chi connectivity index (χ4v) is 1.32. The molecule has 77 valence electrons. The Labute approximate surface area is 81.6 Å². The van der Waals surface area contributed by atoms with Gasteiger partial charge < -0.3 is 9.47 Å². The summed E-state index contributed by atoms with van der Waals surface area (Å²) in [5.74, 6) is 0. The van der Waals surface area contributed by atoms with E-state index in [0.29, 0.717) is 6.10 Å². The monoisotopic (exact) mass is 185 g/mol. The molecular formula is C11H21O2. The molecule has 0 N–H and O–H groups in total. The van der Waals surface area contributed by atoms with E-state index in [9.17, 15) is 0 Å². The maximum Gasteiger partial charge on any atom is 0.0834 e. The van der Waals surface area contributed by atoms with Crippen molar-refractivity contribution >= 4 is 0 Å². The second kappa shape index (κ2) is 5.61. The topological polar surface area (TPSA) is 18.5 Å². The van der Waals surface area contributed by atoms with Crippen LogP contribution in [-0.4, -0.2) is 24.9 Å². The Hall–Kier alpha value is -0.0800. The number of ether oxygens (including phenoxy) is 2. The number of rotatable bonds is 7. The molecule has 0 aromatic heterocycles. The largest absolute Gasteiger partial charge is 0.376 e. The Morgan fingerprint density at radius 3 is 2.62 bits per heavy atom. The zero-order valence-electron chi connectivity index (χ0n) is 8.79. The minimum absolute atomic E-state index is 0.181. The first-order chi connectivity index (χ1) is 6.27. The molecule has 1 fully saturated rings. The Balaban J connectivity index is 2.17. The minimum Gasteiger partial charge on any atom is -0.376 e. The first kappa shape index (κ1) is 11.0.